The maximum atomic E-state index is 11.0. The Morgan fingerprint density at radius 1 is 1.81 bits per heavy atom. The van der Waals surface area contributed by atoms with Gasteiger partial charge in [-0.3, -0.25) is 9.69 Å². The zero-order valence-corrected chi connectivity index (χ0v) is 9.96. The van der Waals surface area contributed by atoms with E-state index in [2.05, 4.69) is 4.98 Å². The molecule has 1 aliphatic heterocycles. The maximum absolute atomic E-state index is 11.0. The molecule has 88 valence electrons. The van der Waals surface area contributed by atoms with Gasteiger partial charge in [0.1, 0.15) is 10.5 Å². The van der Waals surface area contributed by atoms with Gasteiger partial charge >= 0.3 is 5.97 Å². The molecule has 2 heterocycles. The minimum atomic E-state index is -1.08. The van der Waals surface area contributed by atoms with Gasteiger partial charge in [0, 0.05) is 24.2 Å². The fourth-order valence-corrected chi connectivity index (χ4v) is 2.70. The van der Waals surface area contributed by atoms with Gasteiger partial charge in [-0.05, 0) is 13.3 Å². The molecule has 0 aliphatic carbocycles. The molecular formula is C10H15N3O2S. The number of nitrogens with zero attached hydrogens (tertiary/aromatic N) is 2. The van der Waals surface area contributed by atoms with Crippen LogP contribution in [0.15, 0.2) is 5.38 Å². The molecule has 0 radical (unpaired) electrons. The minimum Gasteiger partial charge on any atom is -0.480 e. The molecule has 0 saturated carbocycles. The van der Waals surface area contributed by atoms with Gasteiger partial charge in [0.15, 0.2) is 0 Å². The summed E-state index contributed by atoms with van der Waals surface area (Å²) in [7, 11) is 0. The summed E-state index contributed by atoms with van der Waals surface area (Å²) in [6.07, 6.45) is 0.507. The summed E-state index contributed by atoms with van der Waals surface area (Å²) in [5.41, 5.74) is 5.73. The van der Waals surface area contributed by atoms with Crippen LogP contribution in [0.2, 0.25) is 0 Å². The van der Waals surface area contributed by atoms with E-state index in [1.807, 2.05) is 17.2 Å². The number of likely N-dealkylation sites (tertiary alicyclic amines) is 1. The van der Waals surface area contributed by atoms with E-state index in [4.69, 9.17) is 10.8 Å². The van der Waals surface area contributed by atoms with Crippen LogP contribution in [0.3, 0.4) is 0 Å². The van der Waals surface area contributed by atoms with Gasteiger partial charge in [0.25, 0.3) is 0 Å². The number of hydrogen-bond donors (Lipinski definition) is 2. The molecule has 1 unspecified atom stereocenters. The molecule has 0 bridgehead atoms. The highest BCUT2D eigenvalue weighted by molar-refractivity contribution is 7.09. The van der Waals surface area contributed by atoms with Crippen molar-refractivity contribution in [2.24, 2.45) is 5.73 Å². The van der Waals surface area contributed by atoms with Gasteiger partial charge in [-0.15, -0.1) is 11.3 Å². The Morgan fingerprint density at radius 3 is 3.06 bits per heavy atom. The normalized spacial score (nSPS) is 26.1. The minimum absolute atomic E-state index is 0.404. The topological polar surface area (TPSA) is 79.5 Å². The van der Waals surface area contributed by atoms with Crippen LogP contribution in [0.25, 0.3) is 0 Å². The molecule has 0 aromatic carbocycles. The number of carboxylic acids is 1. The third kappa shape index (κ3) is 2.23. The Hall–Kier alpha value is -0.980. The molecule has 16 heavy (non-hydrogen) atoms. The van der Waals surface area contributed by atoms with Gasteiger partial charge in [-0.1, -0.05) is 0 Å². The molecule has 1 atom stereocenters. The fourth-order valence-electron chi connectivity index (χ4n) is 1.89. The Labute approximate surface area is 97.9 Å². The fraction of sp³-hybridized carbons (Fsp3) is 0.600. The second-order valence-electron chi connectivity index (χ2n) is 4.30. The molecule has 3 N–H and O–H groups in total. The highest BCUT2D eigenvalue weighted by Crippen LogP contribution is 2.22. The highest BCUT2D eigenvalue weighted by Gasteiger charge is 2.41. The Kier molecular flexibility index (Phi) is 2.96. The lowest BCUT2D eigenvalue weighted by Gasteiger charge is -2.19. The van der Waals surface area contributed by atoms with Gasteiger partial charge < -0.3 is 10.8 Å². The molecular weight excluding hydrogens is 226 g/mol. The first-order valence-electron chi connectivity index (χ1n) is 5.15. The maximum Gasteiger partial charge on any atom is 0.325 e. The molecule has 5 nitrogen and oxygen atoms in total. The summed E-state index contributed by atoms with van der Waals surface area (Å²) in [5, 5.41) is 12.0. The molecule has 1 aromatic rings. The Bertz CT molecular complexity index is 407. The number of aryl methyl sites for hydroxylation is 1. The Balaban J connectivity index is 1.97. The van der Waals surface area contributed by atoms with Crippen molar-refractivity contribution in [3.63, 3.8) is 0 Å². The van der Waals surface area contributed by atoms with Crippen LogP contribution in [0.5, 0.6) is 0 Å². The van der Waals surface area contributed by atoms with Crippen molar-refractivity contribution in [3.8, 4) is 0 Å². The SMILES string of the molecule is Cc1csc(CN2CCC(N)(C(=O)O)C2)n1. The second kappa shape index (κ2) is 4.12. The van der Waals surface area contributed by atoms with Crippen molar-refractivity contribution in [1.82, 2.24) is 9.88 Å². The monoisotopic (exact) mass is 241 g/mol. The average molecular weight is 241 g/mol. The van der Waals surface area contributed by atoms with Crippen LogP contribution < -0.4 is 5.73 Å². The van der Waals surface area contributed by atoms with Crippen molar-refractivity contribution in [2.45, 2.75) is 25.4 Å². The van der Waals surface area contributed by atoms with Crippen LogP contribution in [0.4, 0.5) is 0 Å². The molecule has 1 aliphatic rings. The second-order valence-corrected chi connectivity index (χ2v) is 5.25. The number of hydrogen-bond acceptors (Lipinski definition) is 5. The van der Waals surface area contributed by atoms with Crippen molar-refractivity contribution in [1.29, 1.82) is 0 Å². The lowest BCUT2D eigenvalue weighted by Crippen LogP contribution is -2.50. The standard InChI is InChI=1S/C10H15N3O2S/c1-7-5-16-8(12-7)4-13-3-2-10(11,6-13)9(14)15/h5H,2-4,6,11H2,1H3,(H,14,15). The summed E-state index contributed by atoms with van der Waals surface area (Å²) in [6.45, 7) is 3.78. The number of nitrogens with two attached hydrogens (primary N) is 1. The number of aromatic nitrogens is 1. The largest absolute Gasteiger partial charge is 0.480 e. The average Bonchev–Trinajstić information content (AvgIpc) is 2.75. The van der Waals surface area contributed by atoms with Gasteiger partial charge in [-0.25, -0.2) is 4.98 Å². The smallest absolute Gasteiger partial charge is 0.325 e. The predicted octanol–water partition coefficient (Wildman–Crippen LogP) is 0.439. The molecule has 0 amide bonds. The first kappa shape index (κ1) is 11.5. The molecule has 2 rings (SSSR count). The number of rotatable bonds is 3. The number of carbonyl (C=O) groups is 1. The van der Waals surface area contributed by atoms with Crippen LogP contribution in [-0.2, 0) is 11.3 Å². The van der Waals surface area contributed by atoms with E-state index in [1.165, 1.54) is 0 Å². The van der Waals surface area contributed by atoms with Crippen molar-refractivity contribution < 1.29 is 9.90 Å². The third-order valence-electron chi connectivity index (χ3n) is 2.83. The first-order valence-corrected chi connectivity index (χ1v) is 6.03. The molecule has 1 fully saturated rings. The third-order valence-corrected chi connectivity index (χ3v) is 3.78. The molecule has 1 aromatic heterocycles. The summed E-state index contributed by atoms with van der Waals surface area (Å²) >= 11 is 1.60. The Morgan fingerprint density at radius 2 is 2.56 bits per heavy atom. The summed E-state index contributed by atoms with van der Waals surface area (Å²) < 4.78 is 0. The van der Waals surface area contributed by atoms with Crippen molar-refractivity contribution in [2.75, 3.05) is 13.1 Å². The van der Waals surface area contributed by atoms with E-state index < -0.39 is 11.5 Å². The van der Waals surface area contributed by atoms with Crippen LogP contribution >= 0.6 is 11.3 Å². The zero-order valence-electron chi connectivity index (χ0n) is 9.14. The quantitative estimate of drug-likeness (QED) is 0.802. The summed E-state index contributed by atoms with van der Waals surface area (Å²) in [4.78, 5) is 17.4. The number of thiazole rings is 1. The molecule has 1 saturated heterocycles. The van der Waals surface area contributed by atoms with E-state index >= 15 is 0 Å². The summed E-state index contributed by atoms with van der Waals surface area (Å²) in [5.74, 6) is -0.912. The van der Waals surface area contributed by atoms with Crippen molar-refractivity contribution in [3.05, 3.63) is 16.1 Å². The van der Waals surface area contributed by atoms with Gasteiger partial charge in [0.2, 0.25) is 0 Å². The van der Waals surface area contributed by atoms with Crippen molar-refractivity contribution >= 4 is 17.3 Å². The van der Waals surface area contributed by atoms with E-state index in [0.29, 0.717) is 19.5 Å². The molecule has 6 heteroatoms. The highest BCUT2D eigenvalue weighted by atomic mass is 32.1. The van der Waals surface area contributed by atoms with Crippen LogP contribution in [0.1, 0.15) is 17.1 Å². The number of carboxylic acid groups (broad SMARTS) is 1. The predicted molar refractivity (Wildman–Crippen MR) is 61.3 cm³/mol. The van der Waals surface area contributed by atoms with Crippen LogP contribution in [-0.4, -0.2) is 39.6 Å². The van der Waals surface area contributed by atoms with E-state index in [9.17, 15) is 4.79 Å². The van der Waals surface area contributed by atoms with E-state index in [1.54, 1.807) is 11.3 Å². The van der Waals surface area contributed by atoms with Gasteiger partial charge in [-0.2, -0.15) is 0 Å². The zero-order chi connectivity index (χ0) is 11.8. The van der Waals surface area contributed by atoms with E-state index in [0.717, 1.165) is 17.2 Å². The summed E-state index contributed by atoms with van der Waals surface area (Å²) in [6, 6.07) is 0. The lowest BCUT2D eigenvalue weighted by atomic mass is 10.0. The van der Waals surface area contributed by atoms with E-state index in [-0.39, 0.29) is 0 Å². The first-order chi connectivity index (χ1) is 7.49. The van der Waals surface area contributed by atoms with Gasteiger partial charge in [0.05, 0.1) is 6.54 Å². The number of aliphatic carboxylic acids is 1. The lowest BCUT2D eigenvalue weighted by molar-refractivity contribution is -0.142. The van der Waals surface area contributed by atoms with Crippen LogP contribution in [0, 0.1) is 6.92 Å². The molecule has 0 spiro atoms.